The third kappa shape index (κ3) is 5.11. The molecule has 25 heavy (non-hydrogen) atoms. The van der Waals surface area contributed by atoms with Crippen LogP contribution in [0.5, 0.6) is 0 Å². The molecule has 2 aromatic carbocycles. The van der Waals surface area contributed by atoms with Gasteiger partial charge in [0.05, 0.1) is 10.6 Å². The van der Waals surface area contributed by atoms with E-state index in [0.29, 0.717) is 5.56 Å². The second-order valence-corrected chi connectivity index (χ2v) is 8.12. The number of carbonyl (C=O) groups is 1. The topological polar surface area (TPSA) is 95.5 Å². The lowest BCUT2D eigenvalue weighted by Crippen LogP contribution is -2.15. The first-order chi connectivity index (χ1) is 11.7. The summed E-state index contributed by atoms with van der Waals surface area (Å²) in [6, 6.07) is 8.07. The minimum atomic E-state index is -3.95. The molecule has 10 heteroatoms. The van der Waals surface area contributed by atoms with Crippen LogP contribution in [0, 0.1) is 5.82 Å². The van der Waals surface area contributed by atoms with Crippen molar-refractivity contribution in [1.82, 2.24) is 5.48 Å². The number of hydroxylamine groups is 1. The molecule has 0 unspecified atom stereocenters. The largest absolute Gasteiger partial charge is 0.288 e. The average molecular weight is 494 g/mol. The maximum atomic E-state index is 13.3. The molecule has 0 fully saturated rings. The van der Waals surface area contributed by atoms with Gasteiger partial charge < -0.3 is 0 Å². The molecule has 0 atom stereocenters. The van der Waals surface area contributed by atoms with Crippen LogP contribution >= 0.6 is 31.9 Å². The first-order valence-electron chi connectivity index (χ1n) is 6.62. The summed E-state index contributed by atoms with van der Waals surface area (Å²) in [6.45, 7) is 0. The average Bonchev–Trinajstić information content (AvgIpc) is 2.56. The Hall–Kier alpha value is -1.75. The predicted molar refractivity (Wildman–Crippen MR) is 98.0 cm³/mol. The van der Waals surface area contributed by atoms with E-state index in [0.717, 1.165) is 18.2 Å². The van der Waals surface area contributed by atoms with Gasteiger partial charge in [-0.3, -0.25) is 14.7 Å². The number of hydrogen-bond acceptors (Lipinski definition) is 4. The number of benzene rings is 2. The molecule has 0 aliphatic carbocycles. The SMILES string of the molecule is O=C(C=Cc1cccc(S(=O)(=O)Nc2c(Br)cc(F)cc2Br)c1)NO. The van der Waals surface area contributed by atoms with E-state index in [1.54, 1.807) is 6.07 Å². The fraction of sp³-hybridized carbons (Fsp3) is 0. The minimum absolute atomic E-state index is 0.0535. The van der Waals surface area contributed by atoms with Crippen LogP contribution in [-0.4, -0.2) is 19.5 Å². The van der Waals surface area contributed by atoms with Crippen LogP contribution < -0.4 is 10.2 Å². The number of anilines is 1. The summed E-state index contributed by atoms with van der Waals surface area (Å²) < 4.78 is 41.2. The quantitative estimate of drug-likeness (QED) is 0.336. The molecule has 1 amide bonds. The number of nitrogens with one attached hydrogen (secondary N) is 2. The highest BCUT2D eigenvalue weighted by Gasteiger charge is 2.18. The van der Waals surface area contributed by atoms with Gasteiger partial charge in [0.1, 0.15) is 5.82 Å². The highest BCUT2D eigenvalue weighted by Crippen LogP contribution is 2.33. The molecule has 0 heterocycles. The lowest BCUT2D eigenvalue weighted by atomic mass is 10.2. The normalized spacial score (nSPS) is 11.5. The van der Waals surface area contributed by atoms with E-state index in [1.165, 1.54) is 29.8 Å². The van der Waals surface area contributed by atoms with E-state index >= 15 is 0 Å². The first-order valence-corrected chi connectivity index (χ1v) is 9.69. The maximum absolute atomic E-state index is 13.3. The van der Waals surface area contributed by atoms with Gasteiger partial charge in [-0.05, 0) is 67.8 Å². The minimum Gasteiger partial charge on any atom is -0.288 e. The lowest BCUT2D eigenvalue weighted by Gasteiger charge is -2.12. The number of rotatable bonds is 5. The summed E-state index contributed by atoms with van der Waals surface area (Å²) in [4.78, 5) is 10.9. The van der Waals surface area contributed by atoms with Gasteiger partial charge in [0, 0.05) is 15.0 Å². The van der Waals surface area contributed by atoms with Crippen molar-refractivity contribution in [2.45, 2.75) is 4.90 Å². The van der Waals surface area contributed by atoms with Gasteiger partial charge in [-0.2, -0.15) is 0 Å². The summed E-state index contributed by atoms with van der Waals surface area (Å²) in [5.41, 5.74) is 2.02. The van der Waals surface area contributed by atoms with E-state index in [-0.39, 0.29) is 19.5 Å². The highest BCUT2D eigenvalue weighted by atomic mass is 79.9. The molecule has 0 spiro atoms. The van der Waals surface area contributed by atoms with Gasteiger partial charge in [-0.25, -0.2) is 18.3 Å². The number of sulfonamides is 1. The van der Waals surface area contributed by atoms with Crippen LogP contribution in [0.15, 0.2) is 56.3 Å². The van der Waals surface area contributed by atoms with E-state index < -0.39 is 21.7 Å². The zero-order valence-electron chi connectivity index (χ0n) is 12.3. The Morgan fingerprint density at radius 2 is 1.80 bits per heavy atom. The number of amides is 1. The highest BCUT2D eigenvalue weighted by molar-refractivity contribution is 9.11. The number of carbonyl (C=O) groups excluding carboxylic acids is 1. The van der Waals surface area contributed by atoms with Gasteiger partial charge in [-0.1, -0.05) is 12.1 Å². The molecule has 0 radical (unpaired) electrons. The van der Waals surface area contributed by atoms with Gasteiger partial charge in [0.15, 0.2) is 0 Å². The zero-order valence-corrected chi connectivity index (χ0v) is 16.3. The maximum Gasteiger partial charge on any atom is 0.267 e. The molecule has 0 aliphatic heterocycles. The monoisotopic (exact) mass is 492 g/mol. The van der Waals surface area contributed by atoms with Gasteiger partial charge in [-0.15, -0.1) is 0 Å². The summed E-state index contributed by atoms with van der Waals surface area (Å²) in [5, 5.41) is 8.44. The van der Waals surface area contributed by atoms with Gasteiger partial charge >= 0.3 is 0 Å². The zero-order chi connectivity index (χ0) is 18.6. The second kappa shape index (κ2) is 8.09. The van der Waals surface area contributed by atoms with Crippen molar-refractivity contribution in [1.29, 1.82) is 0 Å². The molecule has 132 valence electrons. The van der Waals surface area contributed by atoms with Crippen LogP contribution in [0.1, 0.15) is 5.56 Å². The number of halogens is 3. The van der Waals surface area contributed by atoms with Crippen LogP contribution in [0.4, 0.5) is 10.1 Å². The van der Waals surface area contributed by atoms with Crippen LogP contribution in [0.25, 0.3) is 6.08 Å². The molecule has 0 bridgehead atoms. The molecule has 0 saturated carbocycles. The fourth-order valence-electron chi connectivity index (χ4n) is 1.83. The van der Waals surface area contributed by atoms with Crippen molar-refractivity contribution in [3.63, 3.8) is 0 Å². The Bertz CT molecular complexity index is 925. The summed E-state index contributed by atoms with van der Waals surface area (Å²) >= 11 is 6.22. The van der Waals surface area contributed by atoms with E-state index in [9.17, 15) is 17.6 Å². The lowest BCUT2D eigenvalue weighted by molar-refractivity contribution is -0.124. The van der Waals surface area contributed by atoms with Crippen molar-refractivity contribution < 1.29 is 22.8 Å². The molecular weight excluding hydrogens is 483 g/mol. The molecule has 2 rings (SSSR count). The van der Waals surface area contributed by atoms with Crippen LogP contribution in [-0.2, 0) is 14.8 Å². The van der Waals surface area contributed by atoms with Crippen molar-refractivity contribution in [3.05, 3.63) is 62.8 Å². The van der Waals surface area contributed by atoms with E-state index in [2.05, 4.69) is 36.6 Å². The number of hydrogen-bond donors (Lipinski definition) is 3. The molecule has 3 N–H and O–H groups in total. The van der Waals surface area contributed by atoms with Gasteiger partial charge in [0.2, 0.25) is 0 Å². The van der Waals surface area contributed by atoms with E-state index in [1.807, 2.05) is 0 Å². The Morgan fingerprint density at radius 1 is 1.16 bits per heavy atom. The second-order valence-electron chi connectivity index (χ2n) is 4.73. The molecule has 6 nitrogen and oxygen atoms in total. The standard InChI is InChI=1S/C15H11Br2FN2O4S/c16-12-7-10(18)8-13(17)15(12)20-25(23,24)11-3-1-2-9(6-11)4-5-14(21)19-22/h1-8,20,22H,(H,19,21). The first kappa shape index (κ1) is 19.6. The fourth-order valence-corrected chi connectivity index (χ4v) is 4.57. The third-order valence-corrected chi connectivity index (χ3v) is 5.55. The van der Waals surface area contributed by atoms with Crippen LogP contribution in [0.3, 0.4) is 0 Å². The Kier molecular flexibility index (Phi) is 6.33. The predicted octanol–water partition coefficient (Wildman–Crippen LogP) is 3.67. The summed E-state index contributed by atoms with van der Waals surface area (Å²) in [5.74, 6) is -1.28. The Balaban J connectivity index is 2.35. The van der Waals surface area contributed by atoms with E-state index in [4.69, 9.17) is 5.21 Å². The van der Waals surface area contributed by atoms with Crippen LogP contribution in [0.2, 0.25) is 0 Å². The summed E-state index contributed by atoms with van der Waals surface area (Å²) in [6.07, 6.45) is 2.39. The smallest absolute Gasteiger partial charge is 0.267 e. The van der Waals surface area contributed by atoms with Gasteiger partial charge in [0.25, 0.3) is 15.9 Å². The Labute approximate surface area is 160 Å². The molecule has 0 aliphatic rings. The van der Waals surface area contributed by atoms with Crippen molar-refractivity contribution in [3.8, 4) is 0 Å². The molecular formula is C15H11Br2FN2O4S. The molecule has 2 aromatic rings. The Morgan fingerprint density at radius 3 is 2.40 bits per heavy atom. The van der Waals surface area contributed by atoms with Crippen molar-refractivity contribution in [2.24, 2.45) is 0 Å². The molecule has 0 saturated heterocycles. The summed E-state index contributed by atoms with van der Waals surface area (Å²) in [7, 11) is -3.95. The third-order valence-electron chi connectivity index (χ3n) is 2.95. The van der Waals surface area contributed by atoms with Crippen molar-refractivity contribution >= 4 is 59.6 Å². The molecule has 0 aromatic heterocycles. The van der Waals surface area contributed by atoms with Crippen molar-refractivity contribution in [2.75, 3.05) is 4.72 Å².